The summed E-state index contributed by atoms with van der Waals surface area (Å²) in [6.45, 7) is 0.317. The van der Waals surface area contributed by atoms with Crippen LogP contribution in [0.1, 0.15) is 11.7 Å². The number of aromatic nitrogens is 2. The molecule has 0 aliphatic rings. The third kappa shape index (κ3) is 3.16. The Bertz CT molecular complexity index is 542. The van der Waals surface area contributed by atoms with E-state index in [1.54, 1.807) is 22.9 Å². The minimum atomic E-state index is -0.738. The van der Waals surface area contributed by atoms with Crippen molar-refractivity contribution in [2.75, 3.05) is 11.9 Å². The lowest BCUT2D eigenvalue weighted by Crippen LogP contribution is -2.13. The molecule has 1 unspecified atom stereocenters. The zero-order valence-corrected chi connectivity index (χ0v) is 11.3. The first kappa shape index (κ1) is 13.2. The van der Waals surface area contributed by atoms with Crippen molar-refractivity contribution in [3.8, 4) is 0 Å². The number of aliphatic hydroxyl groups is 1. The van der Waals surface area contributed by atoms with Gasteiger partial charge in [-0.1, -0.05) is 23.2 Å². The number of aryl methyl sites for hydroxylation is 1. The minimum Gasteiger partial charge on any atom is -0.387 e. The first-order chi connectivity index (χ1) is 8.56. The van der Waals surface area contributed by atoms with Crippen LogP contribution in [-0.4, -0.2) is 21.4 Å². The van der Waals surface area contributed by atoms with Gasteiger partial charge in [-0.25, -0.2) is 0 Å². The highest BCUT2D eigenvalue weighted by Crippen LogP contribution is 2.26. The fraction of sp³-hybridized carbons (Fsp3) is 0.250. The van der Waals surface area contributed by atoms with Crippen molar-refractivity contribution in [3.63, 3.8) is 0 Å². The largest absolute Gasteiger partial charge is 0.387 e. The lowest BCUT2D eigenvalue weighted by Gasteiger charge is -2.13. The van der Waals surface area contributed by atoms with Gasteiger partial charge in [0, 0.05) is 41.5 Å². The predicted octanol–water partition coefficient (Wildman–Crippen LogP) is 2.87. The summed E-state index contributed by atoms with van der Waals surface area (Å²) >= 11 is 11.9. The fourth-order valence-electron chi connectivity index (χ4n) is 1.59. The molecule has 1 aromatic carbocycles. The van der Waals surface area contributed by atoms with Crippen LogP contribution in [-0.2, 0) is 7.05 Å². The number of nitrogens with zero attached hydrogens (tertiary/aromatic N) is 2. The van der Waals surface area contributed by atoms with Crippen molar-refractivity contribution in [3.05, 3.63) is 46.1 Å². The fourth-order valence-corrected chi connectivity index (χ4v) is 2.01. The number of hydrogen-bond acceptors (Lipinski definition) is 3. The van der Waals surface area contributed by atoms with Crippen LogP contribution in [0.3, 0.4) is 0 Å². The molecule has 18 heavy (non-hydrogen) atoms. The highest BCUT2D eigenvalue weighted by molar-refractivity contribution is 6.33. The van der Waals surface area contributed by atoms with Crippen molar-refractivity contribution in [2.24, 2.45) is 7.05 Å². The van der Waals surface area contributed by atoms with E-state index in [-0.39, 0.29) is 0 Å². The molecule has 0 saturated heterocycles. The Morgan fingerprint density at radius 3 is 2.83 bits per heavy atom. The number of halogens is 2. The molecule has 0 aliphatic heterocycles. The van der Waals surface area contributed by atoms with E-state index in [1.165, 1.54) is 0 Å². The summed E-state index contributed by atoms with van der Waals surface area (Å²) in [6.07, 6.45) is 1.08. The van der Waals surface area contributed by atoms with Gasteiger partial charge in [0.05, 0.1) is 6.10 Å². The predicted molar refractivity (Wildman–Crippen MR) is 73.1 cm³/mol. The second kappa shape index (κ2) is 5.61. The second-order valence-electron chi connectivity index (χ2n) is 3.94. The zero-order chi connectivity index (χ0) is 13.1. The molecule has 0 aliphatic carbocycles. The van der Waals surface area contributed by atoms with Gasteiger partial charge in [-0.3, -0.25) is 4.68 Å². The highest BCUT2D eigenvalue weighted by atomic mass is 35.5. The van der Waals surface area contributed by atoms with Gasteiger partial charge >= 0.3 is 0 Å². The summed E-state index contributed by atoms with van der Waals surface area (Å²) in [7, 11) is 1.83. The van der Waals surface area contributed by atoms with Crippen molar-refractivity contribution >= 4 is 29.0 Å². The molecule has 6 heteroatoms. The molecule has 96 valence electrons. The summed E-state index contributed by atoms with van der Waals surface area (Å²) in [6, 6.07) is 6.84. The van der Waals surface area contributed by atoms with Crippen molar-refractivity contribution in [1.82, 2.24) is 9.78 Å². The molecule has 0 radical (unpaired) electrons. The Morgan fingerprint density at radius 2 is 2.17 bits per heavy atom. The van der Waals surface area contributed by atoms with E-state index in [9.17, 15) is 5.11 Å². The first-order valence-corrected chi connectivity index (χ1v) is 6.18. The molecular weight excluding hydrogens is 273 g/mol. The summed E-state index contributed by atoms with van der Waals surface area (Å²) in [4.78, 5) is 0. The highest BCUT2D eigenvalue weighted by Gasteiger charge is 2.12. The van der Waals surface area contributed by atoms with Gasteiger partial charge in [0.2, 0.25) is 0 Å². The molecule has 1 aromatic heterocycles. The molecule has 2 N–H and O–H groups in total. The Balaban J connectivity index is 2.03. The Kier molecular flexibility index (Phi) is 4.11. The average Bonchev–Trinajstić information content (AvgIpc) is 2.75. The summed E-state index contributed by atoms with van der Waals surface area (Å²) in [5.41, 5.74) is 0.604. The number of rotatable bonds is 4. The topological polar surface area (TPSA) is 50.1 Å². The normalized spacial score (nSPS) is 12.4. The van der Waals surface area contributed by atoms with Crippen molar-refractivity contribution in [1.29, 1.82) is 0 Å². The van der Waals surface area contributed by atoms with Crippen LogP contribution in [0.15, 0.2) is 30.5 Å². The van der Waals surface area contributed by atoms with E-state index in [1.807, 2.05) is 19.3 Å². The Hall–Kier alpha value is -1.23. The van der Waals surface area contributed by atoms with Gasteiger partial charge in [0.15, 0.2) is 0 Å². The Morgan fingerprint density at radius 1 is 1.39 bits per heavy atom. The lowest BCUT2D eigenvalue weighted by atomic mass is 10.1. The molecule has 0 saturated carbocycles. The van der Waals surface area contributed by atoms with Crippen LogP contribution in [0.5, 0.6) is 0 Å². The van der Waals surface area contributed by atoms with E-state index in [2.05, 4.69) is 10.4 Å². The summed E-state index contributed by atoms with van der Waals surface area (Å²) in [5.74, 6) is 0.703. The van der Waals surface area contributed by atoms with Gasteiger partial charge in [-0.15, -0.1) is 0 Å². The maximum atomic E-state index is 10.1. The molecule has 1 heterocycles. The number of aliphatic hydroxyl groups excluding tert-OH is 1. The number of benzene rings is 1. The van der Waals surface area contributed by atoms with Crippen LogP contribution in [0.2, 0.25) is 10.0 Å². The maximum Gasteiger partial charge on any atom is 0.148 e. The van der Waals surface area contributed by atoms with Gasteiger partial charge in [0.1, 0.15) is 5.82 Å². The zero-order valence-electron chi connectivity index (χ0n) is 9.77. The van der Waals surface area contributed by atoms with E-state index in [0.717, 1.165) is 0 Å². The maximum absolute atomic E-state index is 10.1. The van der Waals surface area contributed by atoms with Gasteiger partial charge < -0.3 is 10.4 Å². The molecule has 4 nitrogen and oxygen atoms in total. The standard InChI is InChI=1S/C12H13Cl2N3O/c1-17-5-4-12(16-17)15-7-11(18)9-6-8(13)2-3-10(9)14/h2-6,11,18H,7H2,1H3,(H,15,16). The average molecular weight is 286 g/mol. The second-order valence-corrected chi connectivity index (χ2v) is 4.78. The third-order valence-corrected chi connectivity index (χ3v) is 3.09. The molecule has 2 rings (SSSR count). The van der Waals surface area contributed by atoms with E-state index in [4.69, 9.17) is 23.2 Å². The van der Waals surface area contributed by atoms with E-state index >= 15 is 0 Å². The molecule has 0 spiro atoms. The monoisotopic (exact) mass is 285 g/mol. The van der Waals surface area contributed by atoms with Crippen LogP contribution in [0.4, 0.5) is 5.82 Å². The van der Waals surface area contributed by atoms with Crippen LogP contribution < -0.4 is 5.32 Å². The van der Waals surface area contributed by atoms with Gasteiger partial charge in [0.25, 0.3) is 0 Å². The Labute approximate surface area is 115 Å². The molecule has 2 aromatic rings. The molecular formula is C12H13Cl2N3O. The SMILES string of the molecule is Cn1ccc(NCC(O)c2cc(Cl)ccc2Cl)n1. The number of anilines is 1. The van der Waals surface area contributed by atoms with Crippen LogP contribution in [0.25, 0.3) is 0 Å². The van der Waals surface area contributed by atoms with Crippen LogP contribution in [0, 0.1) is 0 Å². The van der Waals surface area contributed by atoms with E-state index < -0.39 is 6.10 Å². The lowest BCUT2D eigenvalue weighted by molar-refractivity contribution is 0.191. The first-order valence-electron chi connectivity index (χ1n) is 5.43. The minimum absolute atomic E-state index is 0.317. The third-order valence-electron chi connectivity index (χ3n) is 2.51. The van der Waals surface area contributed by atoms with E-state index in [0.29, 0.717) is 28.0 Å². The number of nitrogens with one attached hydrogen (secondary N) is 1. The van der Waals surface area contributed by atoms with Gasteiger partial charge in [-0.05, 0) is 18.2 Å². The molecule has 1 atom stereocenters. The molecule has 0 fully saturated rings. The van der Waals surface area contributed by atoms with Crippen molar-refractivity contribution < 1.29 is 5.11 Å². The van der Waals surface area contributed by atoms with Gasteiger partial charge in [-0.2, -0.15) is 5.10 Å². The van der Waals surface area contributed by atoms with Crippen molar-refractivity contribution in [2.45, 2.75) is 6.10 Å². The molecule has 0 bridgehead atoms. The summed E-state index contributed by atoms with van der Waals surface area (Å²) < 4.78 is 1.68. The van der Waals surface area contributed by atoms with Crippen LogP contribution >= 0.6 is 23.2 Å². The number of hydrogen-bond donors (Lipinski definition) is 2. The summed E-state index contributed by atoms with van der Waals surface area (Å²) in [5, 5.41) is 18.3. The quantitative estimate of drug-likeness (QED) is 0.908. The smallest absolute Gasteiger partial charge is 0.148 e. The molecule has 0 amide bonds.